The molecule has 7 heteroatoms. The summed E-state index contributed by atoms with van der Waals surface area (Å²) < 4.78 is 0. The summed E-state index contributed by atoms with van der Waals surface area (Å²) in [5, 5.41) is 0.538. The Morgan fingerprint density at radius 2 is 2.33 bits per heavy atom. The molecule has 0 unspecified atom stereocenters. The van der Waals surface area contributed by atoms with Crippen LogP contribution in [0.2, 0.25) is 0 Å². The van der Waals surface area contributed by atoms with Gasteiger partial charge in [0, 0.05) is 12.4 Å². The van der Waals surface area contributed by atoms with Crippen molar-refractivity contribution in [2.45, 2.75) is 6.92 Å². The van der Waals surface area contributed by atoms with Crippen molar-refractivity contribution >= 4 is 33.3 Å². The first kappa shape index (κ1) is 9.94. The number of nitrogens with zero attached hydrogens (tertiary/aromatic N) is 4. The van der Waals surface area contributed by atoms with E-state index >= 15 is 0 Å². The molecule has 2 rings (SSSR count). The van der Waals surface area contributed by atoms with Crippen molar-refractivity contribution in [2.24, 2.45) is 4.99 Å². The SMILES string of the molecule is CCOOC=Nc1nc2nccnc2s1. The molecule has 0 aliphatic heterocycles. The molecule has 2 heterocycles. The molecule has 0 atom stereocenters. The van der Waals surface area contributed by atoms with Crippen molar-refractivity contribution in [1.29, 1.82) is 0 Å². The van der Waals surface area contributed by atoms with E-state index in [-0.39, 0.29) is 0 Å². The molecule has 0 N–H and O–H groups in total. The van der Waals surface area contributed by atoms with E-state index in [1.165, 1.54) is 17.7 Å². The number of rotatable bonds is 4. The van der Waals surface area contributed by atoms with Crippen LogP contribution in [0.15, 0.2) is 17.4 Å². The maximum atomic E-state index is 4.63. The lowest BCUT2D eigenvalue weighted by Gasteiger charge is -1.91. The molecular weight excluding hydrogens is 216 g/mol. The number of fused-ring (bicyclic) bond motifs is 1. The lowest BCUT2D eigenvalue weighted by atomic mass is 10.7. The third-order valence-electron chi connectivity index (χ3n) is 1.43. The summed E-state index contributed by atoms with van der Waals surface area (Å²) in [6, 6.07) is 0. The second kappa shape index (κ2) is 4.76. The Kier molecular flexibility index (Phi) is 3.15. The number of thiazole rings is 1. The van der Waals surface area contributed by atoms with Gasteiger partial charge in [-0.15, -0.1) is 0 Å². The van der Waals surface area contributed by atoms with E-state index in [9.17, 15) is 0 Å². The average Bonchev–Trinajstić information content (AvgIpc) is 2.67. The maximum absolute atomic E-state index is 4.63. The molecule has 0 aromatic carbocycles. The maximum Gasteiger partial charge on any atom is 0.222 e. The van der Waals surface area contributed by atoms with Gasteiger partial charge in [0.15, 0.2) is 10.5 Å². The first-order valence-corrected chi connectivity index (χ1v) is 5.10. The second-order valence-electron chi connectivity index (χ2n) is 2.42. The van der Waals surface area contributed by atoms with E-state index in [4.69, 9.17) is 0 Å². The molecule has 0 fully saturated rings. The molecule has 78 valence electrons. The highest BCUT2D eigenvalue weighted by atomic mass is 32.1. The van der Waals surface area contributed by atoms with Gasteiger partial charge in [-0.1, -0.05) is 11.3 Å². The summed E-state index contributed by atoms with van der Waals surface area (Å²) in [5.41, 5.74) is 0.589. The second-order valence-corrected chi connectivity index (χ2v) is 3.37. The number of hydrogen-bond donors (Lipinski definition) is 0. The first-order valence-electron chi connectivity index (χ1n) is 4.28. The highest BCUT2D eigenvalue weighted by Gasteiger charge is 2.02. The highest BCUT2D eigenvalue weighted by Crippen LogP contribution is 2.23. The lowest BCUT2D eigenvalue weighted by Crippen LogP contribution is -1.89. The summed E-state index contributed by atoms with van der Waals surface area (Å²) in [6.07, 6.45) is 4.40. The van der Waals surface area contributed by atoms with Gasteiger partial charge in [0.1, 0.15) is 0 Å². The molecular formula is C8H8N4O2S. The largest absolute Gasteiger partial charge is 0.325 e. The van der Waals surface area contributed by atoms with E-state index in [1.54, 1.807) is 12.4 Å². The molecule has 2 aromatic rings. The van der Waals surface area contributed by atoms with Crippen molar-refractivity contribution in [3.63, 3.8) is 0 Å². The fourth-order valence-corrected chi connectivity index (χ4v) is 1.59. The van der Waals surface area contributed by atoms with Gasteiger partial charge in [0.05, 0.1) is 6.61 Å². The molecule has 0 amide bonds. The summed E-state index contributed by atoms with van der Waals surface area (Å²) >= 11 is 1.34. The quantitative estimate of drug-likeness (QED) is 0.260. The minimum atomic E-state index is 0.467. The molecule has 6 nitrogen and oxygen atoms in total. The first-order chi connectivity index (χ1) is 7.40. The van der Waals surface area contributed by atoms with Crippen LogP contribution < -0.4 is 0 Å². The fourth-order valence-electron chi connectivity index (χ4n) is 0.887. The average molecular weight is 224 g/mol. The monoisotopic (exact) mass is 224 g/mol. The van der Waals surface area contributed by atoms with E-state index in [0.29, 0.717) is 17.4 Å². The van der Waals surface area contributed by atoms with Crippen LogP contribution in [0.25, 0.3) is 10.5 Å². The molecule has 0 saturated carbocycles. The van der Waals surface area contributed by atoms with Crippen molar-refractivity contribution in [2.75, 3.05) is 6.61 Å². The minimum absolute atomic E-state index is 0.467. The van der Waals surface area contributed by atoms with Crippen LogP contribution in [0.4, 0.5) is 5.13 Å². The predicted molar refractivity (Wildman–Crippen MR) is 56.1 cm³/mol. The zero-order valence-corrected chi connectivity index (χ0v) is 8.77. The molecule has 0 aliphatic rings. The summed E-state index contributed by atoms with van der Waals surface area (Å²) in [6.45, 7) is 2.29. The van der Waals surface area contributed by atoms with E-state index in [2.05, 4.69) is 29.7 Å². The minimum Gasteiger partial charge on any atom is -0.325 e. The summed E-state index contributed by atoms with van der Waals surface area (Å²) in [7, 11) is 0. The van der Waals surface area contributed by atoms with E-state index < -0.39 is 0 Å². The molecule has 0 aliphatic carbocycles. The van der Waals surface area contributed by atoms with Gasteiger partial charge in [0.2, 0.25) is 11.5 Å². The van der Waals surface area contributed by atoms with Crippen molar-refractivity contribution in [3.05, 3.63) is 12.4 Å². The van der Waals surface area contributed by atoms with Crippen molar-refractivity contribution < 1.29 is 9.78 Å². The van der Waals surface area contributed by atoms with Gasteiger partial charge < -0.3 is 4.89 Å². The van der Waals surface area contributed by atoms with Gasteiger partial charge in [-0.3, -0.25) is 0 Å². The Labute approximate surface area is 89.6 Å². The van der Waals surface area contributed by atoms with Gasteiger partial charge in [-0.2, -0.15) is 14.9 Å². The highest BCUT2D eigenvalue weighted by molar-refractivity contribution is 7.21. The van der Waals surface area contributed by atoms with Gasteiger partial charge in [-0.05, 0) is 6.92 Å². The Bertz CT molecular complexity index is 437. The van der Waals surface area contributed by atoms with E-state index in [0.717, 1.165) is 4.83 Å². The molecule has 15 heavy (non-hydrogen) atoms. The zero-order chi connectivity index (χ0) is 10.5. The van der Waals surface area contributed by atoms with Crippen LogP contribution in [-0.2, 0) is 9.78 Å². The smallest absolute Gasteiger partial charge is 0.222 e. The molecule has 0 bridgehead atoms. The van der Waals surface area contributed by atoms with Crippen LogP contribution >= 0.6 is 11.3 Å². The van der Waals surface area contributed by atoms with Gasteiger partial charge >= 0.3 is 0 Å². The molecule has 0 saturated heterocycles. The summed E-state index contributed by atoms with van der Waals surface area (Å²) in [5.74, 6) is 0. The standard InChI is InChI=1S/C8H8N4O2S/c1-2-13-14-5-11-8-12-6-7(15-8)10-4-3-9-6/h3-5H,2H2,1H3. The third-order valence-corrected chi connectivity index (χ3v) is 2.29. The van der Waals surface area contributed by atoms with Crippen molar-refractivity contribution in [3.8, 4) is 0 Å². The van der Waals surface area contributed by atoms with Gasteiger partial charge in [-0.25, -0.2) is 9.97 Å². The number of aromatic nitrogens is 3. The zero-order valence-electron chi connectivity index (χ0n) is 7.95. The van der Waals surface area contributed by atoms with Crippen LogP contribution in [-0.4, -0.2) is 28.0 Å². The Hall–Kier alpha value is -1.60. The Balaban J connectivity index is 2.12. The Morgan fingerprint density at radius 1 is 1.47 bits per heavy atom. The lowest BCUT2D eigenvalue weighted by molar-refractivity contribution is -0.211. The van der Waals surface area contributed by atoms with Gasteiger partial charge in [0.25, 0.3) is 0 Å². The van der Waals surface area contributed by atoms with Crippen LogP contribution in [0.1, 0.15) is 6.92 Å². The Morgan fingerprint density at radius 3 is 3.13 bits per heavy atom. The molecule has 0 radical (unpaired) electrons. The molecule has 0 spiro atoms. The summed E-state index contributed by atoms with van der Waals surface area (Å²) in [4.78, 5) is 26.2. The third kappa shape index (κ3) is 2.45. The van der Waals surface area contributed by atoms with E-state index in [1.807, 2.05) is 6.92 Å². The predicted octanol–water partition coefficient (Wildman–Crippen LogP) is 1.71. The topological polar surface area (TPSA) is 69.5 Å². The normalized spacial score (nSPS) is 11.3. The number of aliphatic imine (C=N–C) groups is 1. The van der Waals surface area contributed by atoms with Crippen molar-refractivity contribution in [1.82, 2.24) is 15.0 Å². The van der Waals surface area contributed by atoms with Crippen LogP contribution in [0.5, 0.6) is 0 Å². The number of hydrogen-bond acceptors (Lipinski definition) is 7. The molecule has 2 aromatic heterocycles. The fraction of sp³-hybridized carbons (Fsp3) is 0.250. The van der Waals surface area contributed by atoms with Crippen LogP contribution in [0.3, 0.4) is 0 Å². The van der Waals surface area contributed by atoms with Crippen LogP contribution in [0, 0.1) is 0 Å².